The summed E-state index contributed by atoms with van der Waals surface area (Å²) in [4.78, 5) is 0. The van der Waals surface area contributed by atoms with Crippen LogP contribution >= 0.6 is 0 Å². The van der Waals surface area contributed by atoms with Gasteiger partial charge in [0.15, 0.2) is 0 Å². The van der Waals surface area contributed by atoms with Crippen molar-refractivity contribution in [1.82, 2.24) is 0 Å². The summed E-state index contributed by atoms with van der Waals surface area (Å²) in [5.41, 5.74) is 2.77. The van der Waals surface area contributed by atoms with Gasteiger partial charge in [0.2, 0.25) is 0 Å². The number of aliphatic hydroxyl groups is 1. The second-order valence-corrected chi connectivity index (χ2v) is 3.86. The Bertz CT molecular complexity index is 316. The highest BCUT2D eigenvalue weighted by Gasteiger charge is 2.25. The zero-order valence-corrected chi connectivity index (χ0v) is 8.49. The van der Waals surface area contributed by atoms with Crippen LogP contribution in [0.15, 0.2) is 18.2 Å². The fourth-order valence-corrected chi connectivity index (χ4v) is 1.71. The number of ether oxygens (including phenoxy) is 1. The Labute approximate surface area is 84.5 Å². The lowest BCUT2D eigenvalue weighted by molar-refractivity contribution is 0.201. The number of aryl methyl sites for hydroxylation is 1. The lowest BCUT2D eigenvalue weighted by Gasteiger charge is -2.08. The van der Waals surface area contributed by atoms with E-state index in [-0.39, 0.29) is 6.61 Å². The molecule has 0 spiro atoms. The number of rotatable bonds is 4. The smallest absolute Gasteiger partial charge is 0.119 e. The molecule has 76 valence electrons. The average Bonchev–Trinajstić information content (AvgIpc) is 3.00. The number of hydrogen-bond donors (Lipinski definition) is 1. The van der Waals surface area contributed by atoms with Crippen molar-refractivity contribution < 1.29 is 9.84 Å². The van der Waals surface area contributed by atoms with Gasteiger partial charge in [-0.05, 0) is 48.9 Å². The van der Waals surface area contributed by atoms with Crippen molar-refractivity contribution in [2.75, 3.05) is 13.2 Å². The van der Waals surface area contributed by atoms with Gasteiger partial charge in [-0.1, -0.05) is 6.07 Å². The summed E-state index contributed by atoms with van der Waals surface area (Å²) in [7, 11) is 0. The van der Waals surface area contributed by atoms with Gasteiger partial charge in [-0.2, -0.15) is 0 Å². The first-order chi connectivity index (χ1) is 6.81. The standard InChI is InChI=1S/C12H16O2/c1-9-2-5-11(14-7-6-13)8-12(9)10-3-4-10/h2,5,8,10,13H,3-4,6-7H2,1H3. The third-order valence-corrected chi connectivity index (χ3v) is 2.63. The second-order valence-electron chi connectivity index (χ2n) is 3.86. The summed E-state index contributed by atoms with van der Waals surface area (Å²) in [5.74, 6) is 1.64. The maximum absolute atomic E-state index is 8.65. The van der Waals surface area contributed by atoms with E-state index in [1.807, 2.05) is 6.07 Å². The molecule has 0 aliphatic heterocycles. The molecule has 1 saturated carbocycles. The van der Waals surface area contributed by atoms with E-state index in [0.717, 1.165) is 11.7 Å². The van der Waals surface area contributed by atoms with Crippen LogP contribution in [0, 0.1) is 6.92 Å². The van der Waals surface area contributed by atoms with Crippen molar-refractivity contribution in [3.05, 3.63) is 29.3 Å². The Kier molecular flexibility index (Phi) is 2.73. The minimum Gasteiger partial charge on any atom is -0.491 e. The van der Waals surface area contributed by atoms with Crippen LogP contribution in [0.4, 0.5) is 0 Å². The van der Waals surface area contributed by atoms with Crippen LogP contribution in [0.5, 0.6) is 5.75 Å². The van der Waals surface area contributed by atoms with E-state index < -0.39 is 0 Å². The lowest BCUT2D eigenvalue weighted by atomic mass is 10.0. The fraction of sp³-hybridized carbons (Fsp3) is 0.500. The number of hydrogen-bond acceptors (Lipinski definition) is 2. The average molecular weight is 192 g/mol. The molecule has 1 fully saturated rings. The summed E-state index contributed by atoms with van der Waals surface area (Å²) in [6, 6.07) is 6.18. The zero-order valence-electron chi connectivity index (χ0n) is 8.49. The van der Waals surface area contributed by atoms with Gasteiger partial charge in [0.25, 0.3) is 0 Å². The monoisotopic (exact) mass is 192 g/mol. The highest BCUT2D eigenvalue weighted by atomic mass is 16.5. The minimum absolute atomic E-state index is 0.0760. The first-order valence-corrected chi connectivity index (χ1v) is 5.15. The molecule has 0 saturated heterocycles. The van der Waals surface area contributed by atoms with Crippen molar-refractivity contribution in [1.29, 1.82) is 0 Å². The van der Waals surface area contributed by atoms with Crippen molar-refractivity contribution in [2.45, 2.75) is 25.7 Å². The summed E-state index contributed by atoms with van der Waals surface area (Å²) in [6.45, 7) is 2.60. The summed E-state index contributed by atoms with van der Waals surface area (Å²) < 4.78 is 5.38. The maximum Gasteiger partial charge on any atom is 0.119 e. The normalized spacial score (nSPS) is 15.6. The van der Waals surface area contributed by atoms with Crippen molar-refractivity contribution in [2.24, 2.45) is 0 Å². The van der Waals surface area contributed by atoms with Crippen LogP contribution in [0.3, 0.4) is 0 Å². The fourth-order valence-electron chi connectivity index (χ4n) is 1.71. The SMILES string of the molecule is Cc1ccc(OCCO)cc1C1CC1. The Morgan fingerprint density at radius 1 is 1.43 bits per heavy atom. The number of aliphatic hydroxyl groups excluding tert-OH is 1. The highest BCUT2D eigenvalue weighted by Crippen LogP contribution is 2.42. The van der Waals surface area contributed by atoms with Gasteiger partial charge in [0.1, 0.15) is 12.4 Å². The van der Waals surface area contributed by atoms with E-state index in [9.17, 15) is 0 Å². The van der Waals surface area contributed by atoms with E-state index in [1.54, 1.807) is 0 Å². The molecule has 0 heterocycles. The molecule has 1 aliphatic carbocycles. The predicted molar refractivity (Wildman–Crippen MR) is 55.7 cm³/mol. The predicted octanol–water partition coefficient (Wildman–Crippen LogP) is 2.24. The Morgan fingerprint density at radius 3 is 2.86 bits per heavy atom. The molecule has 0 atom stereocenters. The first kappa shape index (κ1) is 9.53. The van der Waals surface area contributed by atoms with E-state index in [0.29, 0.717) is 6.61 Å². The van der Waals surface area contributed by atoms with E-state index >= 15 is 0 Å². The molecule has 0 bridgehead atoms. The molecule has 0 radical (unpaired) electrons. The largest absolute Gasteiger partial charge is 0.491 e. The van der Waals surface area contributed by atoms with Gasteiger partial charge in [-0.25, -0.2) is 0 Å². The van der Waals surface area contributed by atoms with E-state index in [1.165, 1.54) is 24.0 Å². The van der Waals surface area contributed by atoms with E-state index in [2.05, 4.69) is 19.1 Å². The van der Waals surface area contributed by atoms with Crippen LogP contribution in [-0.2, 0) is 0 Å². The van der Waals surface area contributed by atoms with Gasteiger partial charge in [0.05, 0.1) is 6.61 Å². The first-order valence-electron chi connectivity index (χ1n) is 5.15. The van der Waals surface area contributed by atoms with Gasteiger partial charge in [-0.3, -0.25) is 0 Å². The Balaban J connectivity index is 2.13. The molecule has 1 aliphatic rings. The third kappa shape index (κ3) is 2.07. The lowest BCUT2D eigenvalue weighted by Crippen LogP contribution is -2.02. The summed E-state index contributed by atoms with van der Waals surface area (Å²) in [5, 5.41) is 8.65. The Hall–Kier alpha value is -1.02. The van der Waals surface area contributed by atoms with E-state index in [4.69, 9.17) is 9.84 Å². The molecule has 0 unspecified atom stereocenters. The summed E-state index contributed by atoms with van der Waals surface area (Å²) in [6.07, 6.45) is 2.62. The molecule has 0 amide bonds. The van der Waals surface area contributed by atoms with Crippen molar-refractivity contribution >= 4 is 0 Å². The molecular formula is C12H16O2. The zero-order chi connectivity index (χ0) is 9.97. The third-order valence-electron chi connectivity index (χ3n) is 2.63. The molecule has 0 aromatic heterocycles. The second kappa shape index (κ2) is 4.01. The Morgan fingerprint density at radius 2 is 2.21 bits per heavy atom. The molecule has 1 N–H and O–H groups in total. The van der Waals surface area contributed by atoms with Crippen LogP contribution < -0.4 is 4.74 Å². The molecule has 1 aromatic carbocycles. The van der Waals surface area contributed by atoms with Gasteiger partial charge in [-0.15, -0.1) is 0 Å². The topological polar surface area (TPSA) is 29.5 Å². The van der Waals surface area contributed by atoms with Crippen LogP contribution in [-0.4, -0.2) is 18.3 Å². The molecule has 2 rings (SSSR count). The summed E-state index contributed by atoms with van der Waals surface area (Å²) >= 11 is 0. The van der Waals surface area contributed by atoms with Crippen molar-refractivity contribution in [3.8, 4) is 5.75 Å². The highest BCUT2D eigenvalue weighted by molar-refractivity contribution is 5.39. The maximum atomic E-state index is 8.65. The van der Waals surface area contributed by atoms with Crippen LogP contribution in [0.1, 0.15) is 29.9 Å². The van der Waals surface area contributed by atoms with Crippen LogP contribution in [0.25, 0.3) is 0 Å². The molecule has 2 heteroatoms. The van der Waals surface area contributed by atoms with Gasteiger partial charge in [0, 0.05) is 0 Å². The number of benzene rings is 1. The molecule has 2 nitrogen and oxygen atoms in total. The van der Waals surface area contributed by atoms with Crippen LogP contribution in [0.2, 0.25) is 0 Å². The quantitative estimate of drug-likeness (QED) is 0.792. The molecule has 14 heavy (non-hydrogen) atoms. The van der Waals surface area contributed by atoms with Crippen molar-refractivity contribution in [3.63, 3.8) is 0 Å². The molecular weight excluding hydrogens is 176 g/mol. The van der Waals surface area contributed by atoms with Gasteiger partial charge < -0.3 is 9.84 Å². The minimum atomic E-state index is 0.0760. The molecule has 1 aromatic rings. The van der Waals surface area contributed by atoms with Gasteiger partial charge >= 0.3 is 0 Å².